The number of rotatable bonds is 2. The highest BCUT2D eigenvalue weighted by Gasteiger charge is 2.36. The van der Waals surface area contributed by atoms with Crippen molar-refractivity contribution in [2.45, 2.75) is 32.2 Å². The van der Waals surface area contributed by atoms with Gasteiger partial charge >= 0.3 is 12.1 Å². The third-order valence-electron chi connectivity index (χ3n) is 3.32. The van der Waals surface area contributed by atoms with E-state index in [9.17, 15) is 18.0 Å². The van der Waals surface area contributed by atoms with E-state index in [-0.39, 0.29) is 12.2 Å². The Morgan fingerprint density at radius 3 is 2.33 bits per heavy atom. The van der Waals surface area contributed by atoms with Gasteiger partial charge in [-0.3, -0.25) is 0 Å². The van der Waals surface area contributed by atoms with Gasteiger partial charge in [-0.15, -0.1) is 0 Å². The summed E-state index contributed by atoms with van der Waals surface area (Å²) in [4.78, 5) is 12.9. The van der Waals surface area contributed by atoms with Gasteiger partial charge in [-0.05, 0) is 32.0 Å². The molecular weight excluding hydrogens is 287 g/mol. The minimum atomic E-state index is -4.68. The summed E-state index contributed by atoms with van der Waals surface area (Å²) in [6, 6.07) is 3.21. The van der Waals surface area contributed by atoms with E-state index < -0.39 is 23.3 Å². The monoisotopic (exact) mass is 303 g/mol. The number of carboxylic acid groups (broad SMARTS) is 1. The largest absolute Gasteiger partial charge is 0.478 e. The Hall–Kier alpha value is -1.76. The van der Waals surface area contributed by atoms with Crippen molar-refractivity contribution in [1.29, 1.82) is 0 Å². The molecule has 2 atom stereocenters. The summed E-state index contributed by atoms with van der Waals surface area (Å²) >= 11 is 0. The summed E-state index contributed by atoms with van der Waals surface area (Å²) in [5.74, 6) is -1.58. The van der Waals surface area contributed by atoms with Gasteiger partial charge < -0.3 is 14.7 Å². The number of morpholine rings is 1. The summed E-state index contributed by atoms with van der Waals surface area (Å²) in [6.07, 6.45) is -4.81. The van der Waals surface area contributed by atoms with E-state index in [0.717, 1.165) is 12.1 Å². The minimum absolute atomic E-state index is 0.0654. The number of hydrogen-bond donors (Lipinski definition) is 1. The molecule has 1 N–H and O–H groups in total. The molecule has 21 heavy (non-hydrogen) atoms. The summed E-state index contributed by atoms with van der Waals surface area (Å²) in [7, 11) is 0. The van der Waals surface area contributed by atoms with E-state index in [1.165, 1.54) is 6.07 Å². The molecule has 1 fully saturated rings. The van der Waals surface area contributed by atoms with Crippen LogP contribution < -0.4 is 4.90 Å². The number of carbonyl (C=O) groups is 1. The van der Waals surface area contributed by atoms with Crippen LogP contribution in [0.5, 0.6) is 0 Å². The van der Waals surface area contributed by atoms with Crippen molar-refractivity contribution >= 4 is 11.7 Å². The number of anilines is 1. The van der Waals surface area contributed by atoms with Crippen LogP contribution in [-0.4, -0.2) is 36.4 Å². The summed E-state index contributed by atoms with van der Waals surface area (Å²) in [5.41, 5.74) is -1.40. The summed E-state index contributed by atoms with van der Waals surface area (Å²) in [6.45, 7) is 4.75. The first kappa shape index (κ1) is 15.6. The van der Waals surface area contributed by atoms with E-state index in [2.05, 4.69) is 0 Å². The number of ether oxygens (including phenoxy) is 1. The second-order valence-electron chi connectivity index (χ2n) is 5.20. The van der Waals surface area contributed by atoms with Gasteiger partial charge in [0.05, 0.1) is 23.3 Å². The smallest absolute Gasteiger partial charge is 0.417 e. The lowest BCUT2D eigenvalue weighted by molar-refractivity contribution is -0.138. The molecule has 7 heteroatoms. The van der Waals surface area contributed by atoms with Crippen LogP contribution in [0.2, 0.25) is 0 Å². The molecule has 1 saturated heterocycles. The van der Waals surface area contributed by atoms with Crippen LogP contribution in [0, 0.1) is 0 Å². The predicted molar refractivity (Wildman–Crippen MR) is 70.6 cm³/mol. The number of carboxylic acids is 1. The Morgan fingerprint density at radius 2 is 1.86 bits per heavy atom. The zero-order valence-electron chi connectivity index (χ0n) is 11.6. The molecular formula is C14H16F3NO3. The van der Waals surface area contributed by atoms with Crippen LogP contribution in [0.3, 0.4) is 0 Å². The standard InChI is InChI=1S/C14H16F3NO3/c1-8-6-18(7-9(2)21-8)10-3-4-12(14(15,16)17)11(5-10)13(19)20/h3-5,8-9H,6-7H2,1-2H3,(H,19,20). The second-order valence-corrected chi connectivity index (χ2v) is 5.20. The molecule has 0 bridgehead atoms. The van der Waals surface area contributed by atoms with Gasteiger partial charge in [0.1, 0.15) is 0 Å². The van der Waals surface area contributed by atoms with Gasteiger partial charge in [0.2, 0.25) is 0 Å². The lowest BCUT2D eigenvalue weighted by Gasteiger charge is -2.37. The Bertz CT molecular complexity index is 535. The molecule has 4 nitrogen and oxygen atoms in total. The lowest BCUT2D eigenvalue weighted by atomic mass is 10.0. The first-order chi connectivity index (χ1) is 9.68. The van der Waals surface area contributed by atoms with Crippen LogP contribution in [-0.2, 0) is 10.9 Å². The number of alkyl halides is 3. The van der Waals surface area contributed by atoms with Crippen LogP contribution in [0.4, 0.5) is 18.9 Å². The van der Waals surface area contributed by atoms with Crippen molar-refractivity contribution in [3.05, 3.63) is 29.3 Å². The van der Waals surface area contributed by atoms with Gasteiger partial charge in [-0.1, -0.05) is 0 Å². The third-order valence-corrected chi connectivity index (χ3v) is 3.32. The summed E-state index contributed by atoms with van der Waals surface area (Å²) in [5, 5.41) is 9.01. The third kappa shape index (κ3) is 3.47. The fraction of sp³-hybridized carbons (Fsp3) is 0.500. The molecule has 0 aromatic heterocycles. The Morgan fingerprint density at radius 1 is 1.29 bits per heavy atom. The quantitative estimate of drug-likeness (QED) is 0.912. The van der Waals surface area contributed by atoms with Crippen LogP contribution in [0.1, 0.15) is 29.8 Å². The van der Waals surface area contributed by atoms with Crippen LogP contribution in [0.15, 0.2) is 18.2 Å². The van der Waals surface area contributed by atoms with Crippen LogP contribution >= 0.6 is 0 Å². The molecule has 2 unspecified atom stereocenters. The van der Waals surface area contributed by atoms with Crippen molar-refractivity contribution in [2.24, 2.45) is 0 Å². The zero-order valence-corrected chi connectivity index (χ0v) is 11.6. The predicted octanol–water partition coefficient (Wildman–Crippen LogP) is 3.02. The number of halogens is 3. The molecule has 2 rings (SSSR count). The minimum Gasteiger partial charge on any atom is -0.478 e. The Balaban J connectivity index is 2.38. The number of nitrogens with zero attached hydrogens (tertiary/aromatic N) is 1. The fourth-order valence-electron chi connectivity index (χ4n) is 2.54. The molecule has 1 aliphatic rings. The molecule has 0 aliphatic carbocycles. The maximum Gasteiger partial charge on any atom is 0.417 e. The van der Waals surface area contributed by atoms with Crippen molar-refractivity contribution in [3.63, 3.8) is 0 Å². The molecule has 0 saturated carbocycles. The Labute approximate surface area is 120 Å². The van der Waals surface area contributed by atoms with Crippen molar-refractivity contribution in [1.82, 2.24) is 0 Å². The normalized spacial score (nSPS) is 23.2. The lowest BCUT2D eigenvalue weighted by Crippen LogP contribution is -2.45. The molecule has 116 valence electrons. The Kier molecular flexibility index (Phi) is 4.13. The van der Waals surface area contributed by atoms with E-state index in [1.54, 1.807) is 0 Å². The first-order valence-corrected chi connectivity index (χ1v) is 6.53. The average Bonchev–Trinajstić information content (AvgIpc) is 2.35. The second kappa shape index (κ2) is 5.55. The molecule has 1 aromatic carbocycles. The van der Waals surface area contributed by atoms with Crippen molar-refractivity contribution < 1.29 is 27.8 Å². The molecule has 0 spiro atoms. The van der Waals surface area contributed by atoms with Crippen molar-refractivity contribution in [3.8, 4) is 0 Å². The molecule has 0 radical (unpaired) electrons. The van der Waals surface area contributed by atoms with Gasteiger partial charge in [0, 0.05) is 18.8 Å². The number of hydrogen-bond acceptors (Lipinski definition) is 3. The van der Waals surface area contributed by atoms with Gasteiger partial charge in [0.15, 0.2) is 0 Å². The maximum absolute atomic E-state index is 12.8. The summed E-state index contributed by atoms with van der Waals surface area (Å²) < 4.78 is 44.0. The van der Waals surface area contributed by atoms with Gasteiger partial charge in [-0.25, -0.2) is 4.79 Å². The molecule has 1 heterocycles. The highest BCUT2D eigenvalue weighted by Crippen LogP contribution is 2.34. The number of benzene rings is 1. The van der Waals surface area contributed by atoms with E-state index in [0.29, 0.717) is 18.8 Å². The van der Waals surface area contributed by atoms with Crippen molar-refractivity contribution in [2.75, 3.05) is 18.0 Å². The zero-order chi connectivity index (χ0) is 15.8. The van der Waals surface area contributed by atoms with E-state index in [4.69, 9.17) is 9.84 Å². The molecule has 1 aromatic rings. The first-order valence-electron chi connectivity index (χ1n) is 6.53. The fourth-order valence-corrected chi connectivity index (χ4v) is 2.54. The highest BCUT2D eigenvalue weighted by atomic mass is 19.4. The number of aromatic carboxylic acids is 1. The highest BCUT2D eigenvalue weighted by molar-refractivity contribution is 5.91. The SMILES string of the molecule is CC1CN(c2ccc(C(F)(F)F)c(C(=O)O)c2)CC(C)O1. The van der Waals surface area contributed by atoms with E-state index in [1.807, 2.05) is 18.7 Å². The van der Waals surface area contributed by atoms with E-state index >= 15 is 0 Å². The topological polar surface area (TPSA) is 49.8 Å². The van der Waals surface area contributed by atoms with Gasteiger partial charge in [-0.2, -0.15) is 13.2 Å². The van der Waals surface area contributed by atoms with Gasteiger partial charge in [0.25, 0.3) is 0 Å². The average molecular weight is 303 g/mol. The maximum atomic E-state index is 12.8. The van der Waals surface area contributed by atoms with Crippen LogP contribution in [0.25, 0.3) is 0 Å². The molecule has 0 amide bonds. The molecule has 1 aliphatic heterocycles.